The van der Waals surface area contributed by atoms with E-state index in [9.17, 15) is 13.2 Å². The average Bonchev–Trinajstić information content (AvgIpc) is 2.86. The second-order valence-corrected chi connectivity index (χ2v) is 3.53. The Balaban J connectivity index is 0.000000405. The van der Waals surface area contributed by atoms with Gasteiger partial charge in [-0.25, -0.2) is 0 Å². The van der Waals surface area contributed by atoms with Gasteiger partial charge in [0.1, 0.15) is 5.69 Å². The molecule has 3 nitrogen and oxygen atoms in total. The van der Waals surface area contributed by atoms with Crippen LogP contribution in [0.5, 0.6) is 0 Å². The van der Waals surface area contributed by atoms with Gasteiger partial charge in [-0.3, -0.25) is 4.98 Å². The Morgan fingerprint density at radius 3 is 2.11 bits per heavy atom. The van der Waals surface area contributed by atoms with Crippen molar-refractivity contribution in [2.24, 2.45) is 0 Å². The molecule has 0 aromatic carbocycles. The van der Waals surface area contributed by atoms with Crippen LogP contribution in [0.2, 0.25) is 0 Å². The van der Waals surface area contributed by atoms with Crippen molar-refractivity contribution in [3.8, 4) is 0 Å². The summed E-state index contributed by atoms with van der Waals surface area (Å²) in [4.78, 5) is 3.14. The van der Waals surface area contributed by atoms with Crippen molar-refractivity contribution in [3.05, 3.63) is 29.6 Å². The van der Waals surface area contributed by atoms with Crippen LogP contribution in [0.25, 0.3) is 0 Å². The SMILES string of the molecule is C1CCOC1.OCc1ccc(C(F)(F)F)nc1.[B]. The van der Waals surface area contributed by atoms with Crippen molar-refractivity contribution >= 4 is 8.41 Å². The molecule has 3 radical (unpaired) electrons. The molecule has 0 unspecified atom stereocenters. The van der Waals surface area contributed by atoms with Crippen LogP contribution in [-0.2, 0) is 17.5 Å². The summed E-state index contributed by atoms with van der Waals surface area (Å²) in [5, 5.41) is 8.51. The van der Waals surface area contributed by atoms with Crippen LogP contribution >= 0.6 is 0 Å². The van der Waals surface area contributed by atoms with Gasteiger partial charge in [0.2, 0.25) is 0 Å². The normalized spacial score (nSPS) is 14.4. The molecule has 1 fully saturated rings. The number of ether oxygens (including phenoxy) is 1. The number of rotatable bonds is 1. The van der Waals surface area contributed by atoms with Crippen LogP contribution in [0.15, 0.2) is 18.3 Å². The summed E-state index contributed by atoms with van der Waals surface area (Å²) in [6, 6.07) is 2.03. The molecule has 1 aliphatic rings. The molecule has 2 heterocycles. The zero-order chi connectivity index (χ0) is 12.7. The molecule has 0 aliphatic carbocycles. The van der Waals surface area contributed by atoms with Gasteiger partial charge >= 0.3 is 6.18 Å². The van der Waals surface area contributed by atoms with Crippen LogP contribution in [0.4, 0.5) is 13.2 Å². The first kappa shape index (κ1) is 16.9. The molecule has 0 spiro atoms. The molecule has 1 saturated heterocycles. The van der Waals surface area contributed by atoms with Crippen LogP contribution in [0.1, 0.15) is 24.1 Å². The van der Waals surface area contributed by atoms with E-state index in [0.29, 0.717) is 5.56 Å². The van der Waals surface area contributed by atoms with Gasteiger partial charge in [0.15, 0.2) is 0 Å². The van der Waals surface area contributed by atoms with Crippen molar-refractivity contribution in [1.82, 2.24) is 4.98 Å². The number of alkyl halides is 3. The fourth-order valence-corrected chi connectivity index (χ4v) is 1.20. The number of nitrogens with zero attached hydrogens (tertiary/aromatic N) is 1. The number of hydrogen-bond donors (Lipinski definition) is 1. The number of aromatic nitrogens is 1. The highest BCUT2D eigenvalue weighted by Crippen LogP contribution is 2.27. The van der Waals surface area contributed by atoms with Crippen LogP contribution in [-0.4, -0.2) is 31.7 Å². The molecule has 2 rings (SSSR count). The minimum Gasteiger partial charge on any atom is -0.392 e. The molecule has 0 amide bonds. The summed E-state index contributed by atoms with van der Waals surface area (Å²) in [5.74, 6) is 0. The third-order valence-electron chi connectivity index (χ3n) is 2.13. The third kappa shape index (κ3) is 6.02. The Morgan fingerprint density at radius 1 is 1.22 bits per heavy atom. The van der Waals surface area contributed by atoms with Gasteiger partial charge in [-0.15, -0.1) is 0 Å². The monoisotopic (exact) mass is 260 g/mol. The maximum absolute atomic E-state index is 11.9. The van der Waals surface area contributed by atoms with E-state index < -0.39 is 11.9 Å². The van der Waals surface area contributed by atoms with E-state index in [4.69, 9.17) is 9.84 Å². The largest absolute Gasteiger partial charge is 0.433 e. The average molecular weight is 260 g/mol. The van der Waals surface area contributed by atoms with E-state index in [1.165, 1.54) is 18.9 Å². The highest BCUT2D eigenvalue weighted by molar-refractivity contribution is 5.75. The van der Waals surface area contributed by atoms with E-state index in [-0.39, 0.29) is 15.0 Å². The van der Waals surface area contributed by atoms with Crippen molar-refractivity contribution in [2.45, 2.75) is 25.6 Å². The molecule has 1 aliphatic heterocycles. The summed E-state index contributed by atoms with van der Waals surface area (Å²) < 4.78 is 40.6. The molecule has 99 valence electrons. The molecule has 0 saturated carbocycles. The number of aliphatic hydroxyl groups excluding tert-OH is 1. The second-order valence-electron chi connectivity index (χ2n) is 3.53. The Labute approximate surface area is 106 Å². The van der Waals surface area contributed by atoms with Crippen molar-refractivity contribution in [2.75, 3.05) is 13.2 Å². The van der Waals surface area contributed by atoms with Gasteiger partial charge in [0, 0.05) is 27.8 Å². The first-order valence-corrected chi connectivity index (χ1v) is 5.25. The number of halogens is 3. The summed E-state index contributed by atoms with van der Waals surface area (Å²) >= 11 is 0. The molecular weight excluding hydrogens is 246 g/mol. The van der Waals surface area contributed by atoms with Crippen molar-refractivity contribution < 1.29 is 23.0 Å². The molecule has 0 bridgehead atoms. The molecule has 1 aromatic heterocycles. The van der Waals surface area contributed by atoms with E-state index in [1.54, 1.807) is 0 Å². The predicted molar refractivity (Wildman–Crippen MR) is 61.0 cm³/mol. The fraction of sp³-hybridized carbons (Fsp3) is 0.545. The topological polar surface area (TPSA) is 42.4 Å². The van der Waals surface area contributed by atoms with Crippen LogP contribution in [0.3, 0.4) is 0 Å². The van der Waals surface area contributed by atoms with Crippen LogP contribution in [0, 0.1) is 0 Å². The van der Waals surface area contributed by atoms with E-state index >= 15 is 0 Å². The standard InChI is InChI=1S/C7H6F3NO.C4H8O.B/c8-7(9,10)6-2-1-5(4-12)3-11-6;1-2-4-5-3-1;/h1-3,12H,4H2;1-4H2;. The van der Waals surface area contributed by atoms with Crippen molar-refractivity contribution in [1.29, 1.82) is 0 Å². The van der Waals surface area contributed by atoms with Gasteiger partial charge in [-0.05, 0) is 24.5 Å². The van der Waals surface area contributed by atoms with Crippen LogP contribution < -0.4 is 0 Å². The zero-order valence-electron chi connectivity index (χ0n) is 9.78. The highest BCUT2D eigenvalue weighted by atomic mass is 19.4. The first-order valence-electron chi connectivity index (χ1n) is 5.25. The van der Waals surface area contributed by atoms with E-state index in [0.717, 1.165) is 25.5 Å². The van der Waals surface area contributed by atoms with E-state index in [1.807, 2.05) is 0 Å². The quantitative estimate of drug-likeness (QED) is 0.785. The number of pyridine rings is 1. The fourth-order valence-electron chi connectivity index (χ4n) is 1.20. The lowest BCUT2D eigenvalue weighted by atomic mass is 10.2. The predicted octanol–water partition coefficient (Wildman–Crippen LogP) is 2.01. The second kappa shape index (κ2) is 8.10. The summed E-state index contributed by atoms with van der Waals surface area (Å²) in [7, 11) is 0. The van der Waals surface area contributed by atoms with Gasteiger partial charge in [-0.1, -0.05) is 6.07 Å². The lowest BCUT2D eigenvalue weighted by Gasteiger charge is -2.04. The molecule has 18 heavy (non-hydrogen) atoms. The summed E-state index contributed by atoms with van der Waals surface area (Å²) in [6.45, 7) is 1.70. The Hall–Kier alpha value is -1.08. The molecule has 1 aromatic rings. The Kier molecular flexibility index (Phi) is 7.62. The third-order valence-corrected chi connectivity index (χ3v) is 2.13. The lowest BCUT2D eigenvalue weighted by Crippen LogP contribution is -2.07. The van der Waals surface area contributed by atoms with Gasteiger partial charge in [-0.2, -0.15) is 13.2 Å². The molecule has 0 atom stereocenters. The minimum atomic E-state index is -4.41. The first-order chi connectivity index (χ1) is 8.04. The maximum atomic E-state index is 11.9. The number of hydrogen-bond acceptors (Lipinski definition) is 3. The smallest absolute Gasteiger partial charge is 0.392 e. The highest BCUT2D eigenvalue weighted by Gasteiger charge is 2.31. The van der Waals surface area contributed by atoms with Gasteiger partial charge in [0.05, 0.1) is 6.61 Å². The number of aliphatic hydroxyl groups is 1. The molecule has 1 N–H and O–H groups in total. The van der Waals surface area contributed by atoms with Gasteiger partial charge in [0.25, 0.3) is 0 Å². The van der Waals surface area contributed by atoms with Gasteiger partial charge < -0.3 is 9.84 Å². The molecular formula is C11H14BF3NO2. The lowest BCUT2D eigenvalue weighted by molar-refractivity contribution is -0.141. The Morgan fingerprint density at radius 2 is 1.83 bits per heavy atom. The summed E-state index contributed by atoms with van der Waals surface area (Å²) in [6.07, 6.45) is -0.850. The van der Waals surface area contributed by atoms with Crippen molar-refractivity contribution in [3.63, 3.8) is 0 Å². The Bertz CT molecular complexity index is 318. The minimum absolute atomic E-state index is 0. The molecule has 7 heteroatoms. The summed E-state index contributed by atoms with van der Waals surface area (Å²) in [5.41, 5.74) is -0.581. The zero-order valence-corrected chi connectivity index (χ0v) is 9.78. The van der Waals surface area contributed by atoms with E-state index in [2.05, 4.69) is 4.98 Å². The maximum Gasteiger partial charge on any atom is 0.433 e.